The molecule has 0 aromatic heterocycles. The first-order chi connectivity index (χ1) is 8.52. The minimum Gasteiger partial charge on any atom is -0.345 e. The predicted molar refractivity (Wildman–Crippen MR) is 75.6 cm³/mol. The first-order valence-electron chi connectivity index (χ1n) is 7.22. The molecule has 18 heavy (non-hydrogen) atoms. The Labute approximate surface area is 112 Å². The molecule has 0 saturated carbocycles. The van der Waals surface area contributed by atoms with E-state index in [1.54, 1.807) is 4.90 Å². The molecule has 1 aliphatic rings. The lowest BCUT2D eigenvalue weighted by Crippen LogP contribution is -2.43. The molecule has 0 spiro atoms. The third kappa shape index (κ3) is 5.36. The number of nitrogens with zero attached hydrogens (tertiary/aromatic N) is 2. The van der Waals surface area contributed by atoms with E-state index < -0.39 is 0 Å². The first-order valence-corrected chi connectivity index (χ1v) is 7.22. The third-order valence-electron chi connectivity index (χ3n) is 3.78. The van der Waals surface area contributed by atoms with Crippen LogP contribution in [0.5, 0.6) is 0 Å². The van der Waals surface area contributed by atoms with Gasteiger partial charge in [-0.3, -0.25) is 9.69 Å². The van der Waals surface area contributed by atoms with Gasteiger partial charge in [0.15, 0.2) is 0 Å². The standard InChI is InChI=1S/C14H29N3O/c1-5-16(4)14(18)11-17-8-6-13(7-9-17)10-15-12(2)3/h12-13,15H,5-11H2,1-4H3. The van der Waals surface area contributed by atoms with E-state index in [2.05, 4.69) is 24.1 Å². The summed E-state index contributed by atoms with van der Waals surface area (Å²) >= 11 is 0. The van der Waals surface area contributed by atoms with E-state index in [0.29, 0.717) is 12.6 Å². The normalized spacial score (nSPS) is 18.3. The summed E-state index contributed by atoms with van der Waals surface area (Å²) in [5.41, 5.74) is 0. The Hall–Kier alpha value is -0.610. The quantitative estimate of drug-likeness (QED) is 0.774. The maximum Gasteiger partial charge on any atom is 0.236 e. The van der Waals surface area contributed by atoms with E-state index in [1.165, 1.54) is 12.8 Å². The van der Waals surface area contributed by atoms with E-state index >= 15 is 0 Å². The van der Waals surface area contributed by atoms with Crippen molar-refractivity contribution in [2.24, 2.45) is 5.92 Å². The highest BCUT2D eigenvalue weighted by molar-refractivity contribution is 5.77. The lowest BCUT2D eigenvalue weighted by molar-refractivity contribution is -0.131. The summed E-state index contributed by atoms with van der Waals surface area (Å²) in [5.74, 6) is 1.03. The zero-order valence-electron chi connectivity index (χ0n) is 12.4. The van der Waals surface area contributed by atoms with Gasteiger partial charge in [0, 0.05) is 19.6 Å². The Bertz CT molecular complexity index is 247. The number of carbonyl (C=O) groups excluding carboxylic acids is 1. The predicted octanol–water partition coefficient (Wildman–Crippen LogP) is 1.17. The van der Waals surface area contributed by atoms with Crippen molar-refractivity contribution >= 4 is 5.91 Å². The highest BCUT2D eigenvalue weighted by Gasteiger charge is 2.21. The number of carbonyl (C=O) groups is 1. The first kappa shape index (κ1) is 15.4. The number of likely N-dealkylation sites (N-methyl/N-ethyl adjacent to an activating group) is 1. The molecule has 1 rings (SSSR count). The summed E-state index contributed by atoms with van der Waals surface area (Å²) in [6.45, 7) is 11.0. The van der Waals surface area contributed by atoms with Crippen molar-refractivity contribution in [1.82, 2.24) is 15.1 Å². The Morgan fingerprint density at radius 3 is 2.50 bits per heavy atom. The molecular weight excluding hydrogens is 226 g/mol. The largest absolute Gasteiger partial charge is 0.345 e. The molecule has 4 heteroatoms. The Balaban J connectivity index is 2.21. The maximum atomic E-state index is 11.8. The van der Waals surface area contributed by atoms with Crippen LogP contribution in [0.4, 0.5) is 0 Å². The Morgan fingerprint density at radius 1 is 1.39 bits per heavy atom. The molecule has 0 aliphatic carbocycles. The molecule has 0 unspecified atom stereocenters. The molecular formula is C14H29N3O. The van der Waals surface area contributed by atoms with Crippen molar-refractivity contribution in [1.29, 1.82) is 0 Å². The van der Waals surface area contributed by atoms with Gasteiger partial charge >= 0.3 is 0 Å². The Kier molecular flexibility index (Phi) is 6.65. The zero-order chi connectivity index (χ0) is 13.5. The molecule has 1 saturated heterocycles. The Morgan fingerprint density at radius 2 is 2.00 bits per heavy atom. The van der Waals surface area contributed by atoms with Gasteiger partial charge < -0.3 is 10.2 Å². The molecule has 1 amide bonds. The summed E-state index contributed by atoms with van der Waals surface area (Å²) in [7, 11) is 1.88. The summed E-state index contributed by atoms with van der Waals surface area (Å²) in [4.78, 5) is 15.9. The van der Waals surface area contributed by atoms with E-state index in [0.717, 1.165) is 32.1 Å². The minimum atomic E-state index is 0.247. The summed E-state index contributed by atoms with van der Waals surface area (Å²) in [5, 5.41) is 3.50. The van der Waals surface area contributed by atoms with Gasteiger partial charge in [0.1, 0.15) is 0 Å². The van der Waals surface area contributed by atoms with Gasteiger partial charge in [0.2, 0.25) is 5.91 Å². The molecule has 0 bridgehead atoms. The van der Waals surface area contributed by atoms with Crippen LogP contribution in [-0.2, 0) is 4.79 Å². The fourth-order valence-electron chi connectivity index (χ4n) is 2.24. The van der Waals surface area contributed by atoms with Crippen LogP contribution < -0.4 is 5.32 Å². The van der Waals surface area contributed by atoms with Gasteiger partial charge in [-0.05, 0) is 45.3 Å². The SMILES string of the molecule is CCN(C)C(=O)CN1CCC(CNC(C)C)CC1. The van der Waals surface area contributed by atoms with Gasteiger partial charge in [-0.1, -0.05) is 13.8 Å². The van der Waals surface area contributed by atoms with Crippen LogP contribution >= 0.6 is 0 Å². The molecule has 1 aliphatic heterocycles. The van der Waals surface area contributed by atoms with Gasteiger partial charge in [0.25, 0.3) is 0 Å². The third-order valence-corrected chi connectivity index (χ3v) is 3.78. The molecule has 1 fully saturated rings. The van der Waals surface area contributed by atoms with Crippen LogP contribution in [-0.4, -0.2) is 61.5 Å². The number of piperidine rings is 1. The molecule has 0 radical (unpaired) electrons. The fourth-order valence-corrected chi connectivity index (χ4v) is 2.24. The van der Waals surface area contributed by atoms with Crippen LogP contribution in [0.3, 0.4) is 0 Å². The highest BCUT2D eigenvalue weighted by atomic mass is 16.2. The van der Waals surface area contributed by atoms with E-state index in [-0.39, 0.29) is 5.91 Å². The van der Waals surface area contributed by atoms with Crippen molar-refractivity contribution in [2.75, 3.05) is 39.8 Å². The summed E-state index contributed by atoms with van der Waals surface area (Å²) in [6, 6.07) is 0.572. The number of rotatable bonds is 6. The van der Waals surface area contributed by atoms with Crippen molar-refractivity contribution in [2.45, 2.75) is 39.7 Å². The number of hydrogen-bond acceptors (Lipinski definition) is 3. The lowest BCUT2D eigenvalue weighted by atomic mass is 9.96. The van der Waals surface area contributed by atoms with Crippen LogP contribution in [0.1, 0.15) is 33.6 Å². The molecule has 106 valence electrons. The van der Waals surface area contributed by atoms with Crippen molar-refractivity contribution in [3.63, 3.8) is 0 Å². The van der Waals surface area contributed by atoms with Gasteiger partial charge in [-0.15, -0.1) is 0 Å². The van der Waals surface area contributed by atoms with Crippen LogP contribution in [0.25, 0.3) is 0 Å². The molecule has 4 nitrogen and oxygen atoms in total. The van der Waals surface area contributed by atoms with Crippen molar-refractivity contribution in [3.8, 4) is 0 Å². The van der Waals surface area contributed by atoms with E-state index in [1.807, 2.05) is 14.0 Å². The molecule has 0 atom stereocenters. The van der Waals surface area contributed by atoms with Crippen LogP contribution in [0.2, 0.25) is 0 Å². The highest BCUT2D eigenvalue weighted by Crippen LogP contribution is 2.16. The lowest BCUT2D eigenvalue weighted by Gasteiger charge is -2.32. The maximum absolute atomic E-state index is 11.8. The number of hydrogen-bond donors (Lipinski definition) is 1. The topological polar surface area (TPSA) is 35.6 Å². The molecule has 0 aromatic rings. The fraction of sp³-hybridized carbons (Fsp3) is 0.929. The van der Waals surface area contributed by atoms with Crippen LogP contribution in [0, 0.1) is 5.92 Å². The second-order valence-corrected chi connectivity index (χ2v) is 5.69. The molecule has 1 heterocycles. The monoisotopic (exact) mass is 255 g/mol. The molecule has 0 aromatic carbocycles. The molecule has 1 N–H and O–H groups in total. The number of likely N-dealkylation sites (tertiary alicyclic amines) is 1. The summed E-state index contributed by atoms with van der Waals surface area (Å²) < 4.78 is 0. The van der Waals surface area contributed by atoms with Crippen molar-refractivity contribution < 1.29 is 4.79 Å². The van der Waals surface area contributed by atoms with Gasteiger partial charge in [0.05, 0.1) is 6.54 Å². The minimum absolute atomic E-state index is 0.247. The van der Waals surface area contributed by atoms with E-state index in [4.69, 9.17) is 0 Å². The smallest absolute Gasteiger partial charge is 0.236 e. The second-order valence-electron chi connectivity index (χ2n) is 5.69. The summed E-state index contributed by atoms with van der Waals surface area (Å²) in [6.07, 6.45) is 2.42. The average molecular weight is 255 g/mol. The van der Waals surface area contributed by atoms with Crippen molar-refractivity contribution in [3.05, 3.63) is 0 Å². The van der Waals surface area contributed by atoms with E-state index in [9.17, 15) is 4.79 Å². The van der Waals surface area contributed by atoms with Gasteiger partial charge in [-0.2, -0.15) is 0 Å². The zero-order valence-corrected chi connectivity index (χ0v) is 12.4. The average Bonchev–Trinajstić information content (AvgIpc) is 2.36. The van der Waals surface area contributed by atoms with Gasteiger partial charge in [-0.25, -0.2) is 0 Å². The number of nitrogens with one attached hydrogen (secondary N) is 1. The number of amides is 1. The van der Waals surface area contributed by atoms with Crippen LogP contribution in [0.15, 0.2) is 0 Å². The second kappa shape index (κ2) is 7.74.